The van der Waals surface area contributed by atoms with Gasteiger partial charge in [-0.05, 0) is 76.5 Å². The van der Waals surface area contributed by atoms with Crippen molar-refractivity contribution in [3.8, 4) is 5.75 Å². The molecule has 5 rings (SSSR count). The van der Waals surface area contributed by atoms with E-state index in [0.717, 1.165) is 44.1 Å². The highest BCUT2D eigenvalue weighted by molar-refractivity contribution is 8.18. The number of carbonyl (C=O) groups is 3. The molecular formula is C30H23ClN2O4S. The molecule has 4 aromatic carbocycles. The Morgan fingerprint density at radius 2 is 1.76 bits per heavy atom. The lowest BCUT2D eigenvalue weighted by atomic mass is 10.1. The summed E-state index contributed by atoms with van der Waals surface area (Å²) in [4.78, 5) is 39.0. The van der Waals surface area contributed by atoms with Crippen LogP contribution in [0.5, 0.6) is 5.75 Å². The summed E-state index contributed by atoms with van der Waals surface area (Å²) in [5.41, 5.74) is 3.19. The normalized spacial score (nSPS) is 14.4. The molecule has 1 aliphatic rings. The number of rotatable bonds is 7. The van der Waals surface area contributed by atoms with Gasteiger partial charge in [-0.2, -0.15) is 0 Å². The molecule has 38 heavy (non-hydrogen) atoms. The highest BCUT2D eigenvalue weighted by Crippen LogP contribution is 2.32. The number of hydrogen-bond donors (Lipinski definition) is 1. The molecule has 0 bridgehead atoms. The zero-order chi connectivity index (χ0) is 26.6. The number of ether oxygens (including phenoxy) is 1. The van der Waals surface area contributed by atoms with E-state index in [1.807, 2.05) is 55.5 Å². The van der Waals surface area contributed by atoms with Gasteiger partial charge in [-0.3, -0.25) is 19.3 Å². The van der Waals surface area contributed by atoms with Crippen LogP contribution < -0.4 is 10.1 Å². The quantitative estimate of drug-likeness (QED) is 0.253. The van der Waals surface area contributed by atoms with E-state index < -0.39 is 17.1 Å². The third-order valence-electron chi connectivity index (χ3n) is 6.10. The molecule has 1 heterocycles. The van der Waals surface area contributed by atoms with Gasteiger partial charge in [0.2, 0.25) is 5.91 Å². The SMILES string of the molecule is Cc1ccc(Cl)cc1NC(=O)CN1C(=O)S/C(=C/c2ccc(OCc3cccc4ccccc34)cc2)C1=O. The summed E-state index contributed by atoms with van der Waals surface area (Å²) in [5.74, 6) is -0.294. The highest BCUT2D eigenvalue weighted by atomic mass is 35.5. The van der Waals surface area contributed by atoms with Crippen LogP contribution in [0.1, 0.15) is 16.7 Å². The van der Waals surface area contributed by atoms with Gasteiger partial charge in [0.25, 0.3) is 11.1 Å². The molecule has 0 radical (unpaired) electrons. The Bertz CT molecular complexity index is 1580. The van der Waals surface area contributed by atoms with Gasteiger partial charge in [-0.15, -0.1) is 0 Å². The fraction of sp³-hybridized carbons (Fsp3) is 0.100. The van der Waals surface area contributed by atoms with E-state index in [-0.39, 0.29) is 11.4 Å². The largest absolute Gasteiger partial charge is 0.489 e. The molecule has 0 spiro atoms. The van der Waals surface area contributed by atoms with Crippen molar-refractivity contribution in [2.75, 3.05) is 11.9 Å². The van der Waals surface area contributed by atoms with Crippen LogP contribution in [0.25, 0.3) is 16.8 Å². The maximum atomic E-state index is 12.9. The van der Waals surface area contributed by atoms with Crippen LogP contribution in [0.15, 0.2) is 89.8 Å². The first kappa shape index (κ1) is 25.6. The molecular weight excluding hydrogens is 520 g/mol. The van der Waals surface area contributed by atoms with Gasteiger partial charge in [-0.1, -0.05) is 72.3 Å². The third-order valence-corrected chi connectivity index (χ3v) is 7.24. The average Bonchev–Trinajstić information content (AvgIpc) is 3.17. The van der Waals surface area contributed by atoms with E-state index in [1.165, 1.54) is 0 Å². The first-order valence-electron chi connectivity index (χ1n) is 11.9. The van der Waals surface area contributed by atoms with E-state index in [1.54, 1.807) is 24.3 Å². The lowest BCUT2D eigenvalue weighted by Gasteiger charge is -2.13. The van der Waals surface area contributed by atoms with Crippen molar-refractivity contribution in [3.63, 3.8) is 0 Å². The van der Waals surface area contributed by atoms with Crippen LogP contribution in [0.3, 0.4) is 0 Å². The Kier molecular flexibility index (Phi) is 7.49. The summed E-state index contributed by atoms with van der Waals surface area (Å²) in [6.07, 6.45) is 1.64. The Morgan fingerprint density at radius 3 is 2.58 bits per heavy atom. The molecule has 1 aliphatic heterocycles. The number of anilines is 1. The topological polar surface area (TPSA) is 75.7 Å². The number of nitrogens with one attached hydrogen (secondary N) is 1. The number of hydrogen-bond acceptors (Lipinski definition) is 5. The number of carbonyl (C=O) groups excluding carboxylic acids is 3. The van der Waals surface area contributed by atoms with E-state index in [2.05, 4.69) is 23.5 Å². The van der Waals surface area contributed by atoms with Gasteiger partial charge in [0.1, 0.15) is 18.9 Å². The number of halogens is 1. The number of amides is 3. The minimum Gasteiger partial charge on any atom is -0.489 e. The fourth-order valence-corrected chi connectivity index (χ4v) is 5.10. The average molecular weight is 543 g/mol. The summed E-state index contributed by atoms with van der Waals surface area (Å²) in [6.45, 7) is 1.88. The second-order valence-electron chi connectivity index (χ2n) is 8.77. The van der Waals surface area contributed by atoms with Crippen LogP contribution in [-0.4, -0.2) is 28.5 Å². The van der Waals surface area contributed by atoms with Gasteiger partial charge in [0, 0.05) is 10.7 Å². The van der Waals surface area contributed by atoms with E-state index in [4.69, 9.17) is 16.3 Å². The van der Waals surface area contributed by atoms with Crippen molar-refractivity contribution >= 4 is 63.0 Å². The Morgan fingerprint density at radius 1 is 1.00 bits per heavy atom. The highest BCUT2D eigenvalue weighted by Gasteiger charge is 2.36. The molecule has 0 atom stereocenters. The predicted molar refractivity (Wildman–Crippen MR) is 152 cm³/mol. The van der Waals surface area contributed by atoms with Crippen LogP contribution in [0, 0.1) is 6.92 Å². The Labute approximate surface area is 229 Å². The van der Waals surface area contributed by atoms with Crippen molar-refractivity contribution in [3.05, 3.63) is 112 Å². The number of benzene rings is 4. The van der Waals surface area contributed by atoms with Crippen LogP contribution in [0.2, 0.25) is 5.02 Å². The van der Waals surface area contributed by atoms with Gasteiger partial charge in [0.05, 0.1) is 4.91 Å². The molecule has 6 nitrogen and oxygen atoms in total. The zero-order valence-corrected chi connectivity index (χ0v) is 22.0. The summed E-state index contributed by atoms with van der Waals surface area (Å²) < 4.78 is 5.98. The van der Waals surface area contributed by atoms with Crippen molar-refractivity contribution < 1.29 is 19.1 Å². The lowest BCUT2D eigenvalue weighted by Crippen LogP contribution is -2.36. The minimum atomic E-state index is -0.505. The molecule has 0 saturated carbocycles. The first-order valence-corrected chi connectivity index (χ1v) is 13.1. The standard InChI is InChI=1S/C30H23ClN2O4S/c1-19-9-12-23(31)16-26(19)32-28(34)17-33-29(35)27(38-30(33)36)15-20-10-13-24(14-11-20)37-18-22-7-4-6-21-5-2-3-8-25(21)22/h2-16H,17-18H2,1H3,(H,32,34)/b27-15+. The smallest absolute Gasteiger partial charge is 0.294 e. The molecule has 8 heteroatoms. The Balaban J connectivity index is 1.21. The number of fused-ring (bicyclic) bond motifs is 1. The molecule has 0 aromatic heterocycles. The molecule has 4 aromatic rings. The van der Waals surface area contributed by atoms with Crippen molar-refractivity contribution in [1.82, 2.24) is 4.90 Å². The van der Waals surface area contributed by atoms with Crippen molar-refractivity contribution in [2.24, 2.45) is 0 Å². The molecule has 1 saturated heterocycles. The van der Waals surface area contributed by atoms with E-state index >= 15 is 0 Å². The summed E-state index contributed by atoms with van der Waals surface area (Å²) in [7, 11) is 0. The van der Waals surface area contributed by atoms with Crippen LogP contribution in [-0.2, 0) is 16.2 Å². The second kappa shape index (κ2) is 11.1. The monoisotopic (exact) mass is 542 g/mol. The van der Waals surface area contributed by atoms with Gasteiger partial charge in [0.15, 0.2) is 0 Å². The third kappa shape index (κ3) is 5.74. The fourth-order valence-electron chi connectivity index (χ4n) is 4.09. The van der Waals surface area contributed by atoms with Crippen molar-refractivity contribution in [1.29, 1.82) is 0 Å². The predicted octanol–water partition coefficient (Wildman–Crippen LogP) is 7.06. The van der Waals surface area contributed by atoms with E-state index in [0.29, 0.717) is 23.1 Å². The molecule has 0 unspecified atom stereocenters. The van der Waals surface area contributed by atoms with E-state index in [9.17, 15) is 14.4 Å². The molecule has 3 amide bonds. The van der Waals surface area contributed by atoms with Gasteiger partial charge in [-0.25, -0.2) is 0 Å². The lowest BCUT2D eigenvalue weighted by molar-refractivity contribution is -0.127. The number of thioether (sulfide) groups is 1. The molecule has 0 aliphatic carbocycles. The van der Waals surface area contributed by atoms with Gasteiger partial charge < -0.3 is 10.1 Å². The van der Waals surface area contributed by atoms with Gasteiger partial charge >= 0.3 is 0 Å². The molecule has 190 valence electrons. The Hall–Kier alpha value is -4.07. The molecule has 1 N–H and O–H groups in total. The maximum Gasteiger partial charge on any atom is 0.294 e. The zero-order valence-electron chi connectivity index (χ0n) is 20.4. The van der Waals surface area contributed by atoms with Crippen LogP contribution in [0.4, 0.5) is 10.5 Å². The van der Waals surface area contributed by atoms with Crippen molar-refractivity contribution in [2.45, 2.75) is 13.5 Å². The van der Waals surface area contributed by atoms with Crippen LogP contribution >= 0.6 is 23.4 Å². The minimum absolute atomic E-state index is 0.256. The number of aryl methyl sites for hydroxylation is 1. The number of imide groups is 1. The maximum absolute atomic E-state index is 12.9. The summed E-state index contributed by atoms with van der Waals surface area (Å²) in [5, 5.41) is 5.01. The second-order valence-corrected chi connectivity index (χ2v) is 10.2. The first-order chi connectivity index (χ1) is 18.4. The summed E-state index contributed by atoms with van der Waals surface area (Å²) >= 11 is 6.81. The number of nitrogens with zero attached hydrogens (tertiary/aromatic N) is 1. The molecule has 1 fully saturated rings. The summed E-state index contributed by atoms with van der Waals surface area (Å²) in [6, 6.07) is 26.7.